The van der Waals surface area contributed by atoms with Gasteiger partial charge in [0.05, 0.1) is 19.3 Å². The van der Waals surface area contributed by atoms with Crippen LogP contribution in [0.15, 0.2) is 18.3 Å². The van der Waals surface area contributed by atoms with Gasteiger partial charge in [-0.1, -0.05) is 0 Å². The average molecular weight is 307 g/mol. The molecule has 1 aliphatic rings. The smallest absolute Gasteiger partial charge is 0.256 e. The molecule has 22 heavy (non-hydrogen) atoms. The summed E-state index contributed by atoms with van der Waals surface area (Å²) in [5.41, 5.74) is 0.459. The van der Waals surface area contributed by atoms with Gasteiger partial charge in [0.15, 0.2) is 0 Å². The molecule has 1 saturated heterocycles. The zero-order valence-corrected chi connectivity index (χ0v) is 13.7. The molecule has 0 radical (unpaired) electrons. The van der Waals surface area contributed by atoms with Crippen LogP contribution in [0.3, 0.4) is 0 Å². The van der Waals surface area contributed by atoms with Crippen LogP contribution < -0.4 is 10.1 Å². The third kappa shape index (κ3) is 4.18. The number of carbonyl (C=O) groups is 1. The molecule has 2 rings (SSSR count). The van der Waals surface area contributed by atoms with Gasteiger partial charge in [0.2, 0.25) is 5.88 Å². The first-order valence-electron chi connectivity index (χ1n) is 7.68. The Balaban J connectivity index is 1.90. The quantitative estimate of drug-likeness (QED) is 0.889. The molecule has 0 spiro atoms. The highest BCUT2D eigenvalue weighted by molar-refractivity contribution is 5.96. The molecule has 0 saturated carbocycles. The van der Waals surface area contributed by atoms with Gasteiger partial charge in [-0.3, -0.25) is 9.69 Å². The third-order valence-electron chi connectivity index (χ3n) is 3.84. The molecule has 1 aliphatic heterocycles. The summed E-state index contributed by atoms with van der Waals surface area (Å²) >= 11 is 0. The molecule has 2 heterocycles. The van der Waals surface area contributed by atoms with Crippen molar-refractivity contribution in [1.82, 2.24) is 15.2 Å². The van der Waals surface area contributed by atoms with Crippen LogP contribution in [0.4, 0.5) is 0 Å². The van der Waals surface area contributed by atoms with E-state index < -0.39 is 0 Å². The van der Waals surface area contributed by atoms with E-state index in [0.29, 0.717) is 18.0 Å². The van der Waals surface area contributed by atoms with Crippen LogP contribution in [-0.4, -0.2) is 60.8 Å². The number of rotatable bonds is 5. The van der Waals surface area contributed by atoms with E-state index in [9.17, 15) is 4.79 Å². The molecule has 1 amide bonds. The van der Waals surface area contributed by atoms with Crippen LogP contribution in [0.2, 0.25) is 0 Å². The van der Waals surface area contributed by atoms with Gasteiger partial charge in [0.1, 0.15) is 5.56 Å². The van der Waals surface area contributed by atoms with E-state index in [-0.39, 0.29) is 24.2 Å². The van der Waals surface area contributed by atoms with Crippen LogP contribution in [0.25, 0.3) is 0 Å². The molecule has 1 fully saturated rings. The topological polar surface area (TPSA) is 63.7 Å². The second-order valence-corrected chi connectivity index (χ2v) is 5.83. The molecular formula is C16H25N3O3. The van der Waals surface area contributed by atoms with Gasteiger partial charge in [0.25, 0.3) is 5.91 Å². The fourth-order valence-electron chi connectivity index (χ4n) is 2.77. The summed E-state index contributed by atoms with van der Waals surface area (Å²) in [7, 11) is 1.51. The fraction of sp³-hybridized carbons (Fsp3) is 0.625. The molecule has 1 N–H and O–H groups in total. The summed E-state index contributed by atoms with van der Waals surface area (Å²) < 4.78 is 10.9. The van der Waals surface area contributed by atoms with Gasteiger partial charge in [-0.2, -0.15) is 0 Å². The average Bonchev–Trinajstić information content (AvgIpc) is 2.51. The number of morpholine rings is 1. The van der Waals surface area contributed by atoms with Crippen molar-refractivity contribution in [3.63, 3.8) is 0 Å². The molecule has 0 aliphatic carbocycles. The van der Waals surface area contributed by atoms with Crippen molar-refractivity contribution < 1.29 is 14.3 Å². The van der Waals surface area contributed by atoms with Crippen LogP contribution in [0, 0.1) is 0 Å². The molecule has 122 valence electrons. The molecule has 0 unspecified atom stereocenters. The van der Waals surface area contributed by atoms with Crippen LogP contribution in [-0.2, 0) is 4.74 Å². The van der Waals surface area contributed by atoms with Crippen molar-refractivity contribution in [2.45, 2.75) is 39.0 Å². The van der Waals surface area contributed by atoms with Gasteiger partial charge in [-0.15, -0.1) is 0 Å². The Hall–Kier alpha value is -1.66. The van der Waals surface area contributed by atoms with Gasteiger partial charge >= 0.3 is 0 Å². The van der Waals surface area contributed by atoms with Crippen molar-refractivity contribution >= 4 is 5.91 Å². The predicted molar refractivity (Wildman–Crippen MR) is 84.2 cm³/mol. The minimum Gasteiger partial charge on any atom is -0.480 e. The second-order valence-electron chi connectivity index (χ2n) is 5.83. The molecule has 6 heteroatoms. The lowest BCUT2D eigenvalue weighted by Crippen LogP contribution is -2.52. The van der Waals surface area contributed by atoms with Crippen molar-refractivity contribution in [2.75, 3.05) is 26.7 Å². The van der Waals surface area contributed by atoms with Gasteiger partial charge in [-0.25, -0.2) is 4.98 Å². The number of aromatic nitrogens is 1. The number of ether oxygens (including phenoxy) is 2. The maximum absolute atomic E-state index is 12.3. The summed E-state index contributed by atoms with van der Waals surface area (Å²) in [6.45, 7) is 8.62. The predicted octanol–water partition coefficient (Wildman–Crippen LogP) is 1.32. The van der Waals surface area contributed by atoms with E-state index >= 15 is 0 Å². The Morgan fingerprint density at radius 2 is 2.18 bits per heavy atom. The maximum atomic E-state index is 12.3. The standard InChI is InChI=1S/C16H25N3O3/c1-11(19-9-12(2)22-13(3)10-19)8-18-15(20)14-6-5-7-17-16(14)21-4/h5-7,11-13H,8-10H2,1-4H3,(H,18,20)/t11-,12-,13+/m0/s1. The molecule has 0 bridgehead atoms. The number of amides is 1. The van der Waals surface area contributed by atoms with Crippen molar-refractivity contribution in [3.05, 3.63) is 23.9 Å². The SMILES string of the molecule is COc1ncccc1C(=O)NC[C@H](C)N1C[C@@H](C)O[C@@H](C)C1. The molecule has 1 aromatic heterocycles. The normalized spacial score (nSPS) is 23.8. The minimum atomic E-state index is -0.161. The Morgan fingerprint density at radius 1 is 1.50 bits per heavy atom. The zero-order chi connectivity index (χ0) is 16.1. The lowest BCUT2D eigenvalue weighted by atomic mass is 10.1. The third-order valence-corrected chi connectivity index (χ3v) is 3.84. The maximum Gasteiger partial charge on any atom is 0.256 e. The number of hydrogen-bond donors (Lipinski definition) is 1. The van der Waals surface area contributed by atoms with Crippen molar-refractivity contribution in [3.8, 4) is 5.88 Å². The Kier molecular flexibility index (Phi) is 5.74. The van der Waals surface area contributed by atoms with Crippen LogP contribution in [0.1, 0.15) is 31.1 Å². The number of methoxy groups -OCH3 is 1. The summed E-state index contributed by atoms with van der Waals surface area (Å²) in [4.78, 5) is 18.7. The number of hydrogen-bond acceptors (Lipinski definition) is 5. The first-order valence-corrected chi connectivity index (χ1v) is 7.68. The van der Waals surface area contributed by atoms with Gasteiger partial charge in [0, 0.05) is 31.9 Å². The molecule has 0 aromatic carbocycles. The summed E-state index contributed by atoms with van der Waals surface area (Å²) in [6.07, 6.45) is 2.05. The van der Waals surface area contributed by atoms with E-state index in [4.69, 9.17) is 9.47 Å². The monoisotopic (exact) mass is 307 g/mol. The highest BCUT2D eigenvalue weighted by Crippen LogP contribution is 2.15. The first kappa shape index (κ1) is 16.7. The molecule has 3 atom stereocenters. The fourth-order valence-corrected chi connectivity index (χ4v) is 2.77. The van der Waals surface area contributed by atoms with E-state index in [1.807, 2.05) is 0 Å². The lowest BCUT2D eigenvalue weighted by molar-refractivity contribution is -0.0778. The highest BCUT2D eigenvalue weighted by atomic mass is 16.5. The zero-order valence-electron chi connectivity index (χ0n) is 13.7. The van der Waals surface area contributed by atoms with E-state index in [1.165, 1.54) is 7.11 Å². The van der Waals surface area contributed by atoms with E-state index in [1.54, 1.807) is 18.3 Å². The Bertz CT molecular complexity index is 499. The summed E-state index contributed by atoms with van der Waals surface area (Å²) in [6, 6.07) is 3.69. The van der Waals surface area contributed by atoms with Crippen molar-refractivity contribution in [1.29, 1.82) is 0 Å². The Morgan fingerprint density at radius 3 is 2.82 bits per heavy atom. The van der Waals surface area contributed by atoms with Gasteiger partial charge < -0.3 is 14.8 Å². The second kappa shape index (κ2) is 7.56. The number of carbonyl (C=O) groups excluding carboxylic acids is 1. The minimum absolute atomic E-state index is 0.161. The van der Waals surface area contributed by atoms with E-state index in [0.717, 1.165) is 13.1 Å². The number of pyridine rings is 1. The first-order chi connectivity index (χ1) is 10.5. The van der Waals surface area contributed by atoms with Crippen LogP contribution >= 0.6 is 0 Å². The lowest BCUT2D eigenvalue weighted by Gasteiger charge is -2.39. The molecular weight excluding hydrogens is 282 g/mol. The largest absolute Gasteiger partial charge is 0.480 e. The van der Waals surface area contributed by atoms with Crippen molar-refractivity contribution in [2.24, 2.45) is 0 Å². The van der Waals surface area contributed by atoms with E-state index in [2.05, 4.69) is 36.0 Å². The Labute approximate surface area is 131 Å². The molecule has 6 nitrogen and oxygen atoms in total. The summed E-state index contributed by atoms with van der Waals surface area (Å²) in [5.74, 6) is 0.187. The number of nitrogens with zero attached hydrogens (tertiary/aromatic N) is 2. The summed E-state index contributed by atoms with van der Waals surface area (Å²) in [5, 5.41) is 2.96. The molecule has 1 aromatic rings. The van der Waals surface area contributed by atoms with Crippen LogP contribution in [0.5, 0.6) is 5.88 Å². The highest BCUT2D eigenvalue weighted by Gasteiger charge is 2.26. The van der Waals surface area contributed by atoms with Gasteiger partial charge in [-0.05, 0) is 32.9 Å². The number of nitrogens with one attached hydrogen (secondary N) is 1.